The van der Waals surface area contributed by atoms with Crippen LogP contribution in [0.25, 0.3) is 0 Å². The minimum Gasteiger partial charge on any atom is -0.342 e. The Morgan fingerprint density at radius 1 is 1.33 bits per heavy atom. The highest BCUT2D eigenvalue weighted by Gasteiger charge is 2.37. The second-order valence-corrected chi connectivity index (χ2v) is 6.59. The molecule has 0 bridgehead atoms. The average Bonchev–Trinajstić information content (AvgIpc) is 2.46. The highest BCUT2D eigenvalue weighted by Crippen LogP contribution is 2.30. The van der Waals surface area contributed by atoms with Gasteiger partial charge >= 0.3 is 0 Å². The molecule has 1 atom stereocenters. The molecule has 0 radical (unpaired) electrons. The van der Waals surface area contributed by atoms with Crippen LogP contribution in [-0.4, -0.2) is 29.9 Å². The Morgan fingerprint density at radius 2 is 1.90 bits per heavy atom. The van der Waals surface area contributed by atoms with Crippen molar-refractivity contribution in [2.24, 2.45) is 11.7 Å². The number of nitrogens with zero attached hydrogens (tertiary/aromatic N) is 1. The fourth-order valence-electron chi connectivity index (χ4n) is 3.11. The second kappa shape index (κ2) is 6.14. The Labute approximate surface area is 126 Å². The lowest BCUT2D eigenvalue weighted by molar-refractivity contribution is -0.137. The summed E-state index contributed by atoms with van der Waals surface area (Å²) in [5.74, 6) is 0.155. The normalized spacial score (nSPS) is 18.6. The van der Waals surface area contributed by atoms with E-state index < -0.39 is 5.41 Å². The van der Waals surface area contributed by atoms with Gasteiger partial charge in [0.1, 0.15) is 5.82 Å². The van der Waals surface area contributed by atoms with Crippen LogP contribution >= 0.6 is 0 Å². The zero-order valence-electron chi connectivity index (χ0n) is 13.1. The van der Waals surface area contributed by atoms with Crippen LogP contribution in [0, 0.1) is 11.7 Å². The first-order chi connectivity index (χ1) is 9.84. The molecule has 3 nitrogen and oxygen atoms in total. The molecular weight excluding hydrogens is 267 g/mol. The van der Waals surface area contributed by atoms with E-state index in [1.807, 2.05) is 11.8 Å². The number of piperidine rings is 1. The van der Waals surface area contributed by atoms with Crippen molar-refractivity contribution in [3.8, 4) is 0 Å². The molecule has 1 aliphatic heterocycles. The van der Waals surface area contributed by atoms with E-state index in [4.69, 9.17) is 5.73 Å². The van der Waals surface area contributed by atoms with Crippen molar-refractivity contribution in [2.45, 2.75) is 45.1 Å². The van der Waals surface area contributed by atoms with Crippen LogP contribution in [0.5, 0.6) is 0 Å². The second-order valence-electron chi connectivity index (χ2n) is 6.59. The third-order valence-electron chi connectivity index (χ3n) is 4.65. The van der Waals surface area contributed by atoms with Gasteiger partial charge in [-0.1, -0.05) is 18.2 Å². The van der Waals surface area contributed by atoms with Crippen molar-refractivity contribution in [1.82, 2.24) is 4.90 Å². The molecule has 0 aliphatic carbocycles. The van der Waals surface area contributed by atoms with Crippen molar-refractivity contribution in [3.63, 3.8) is 0 Å². The van der Waals surface area contributed by atoms with Crippen LogP contribution in [-0.2, 0) is 10.2 Å². The molecule has 2 N–H and O–H groups in total. The molecule has 0 saturated carbocycles. The molecule has 1 heterocycles. The molecule has 1 aromatic rings. The number of carbonyl (C=O) groups is 1. The number of amides is 1. The van der Waals surface area contributed by atoms with Gasteiger partial charge in [0.2, 0.25) is 5.91 Å². The summed E-state index contributed by atoms with van der Waals surface area (Å²) in [5.41, 5.74) is 5.55. The first-order valence-corrected chi connectivity index (χ1v) is 7.64. The quantitative estimate of drug-likeness (QED) is 0.931. The van der Waals surface area contributed by atoms with Crippen molar-refractivity contribution < 1.29 is 9.18 Å². The van der Waals surface area contributed by atoms with Gasteiger partial charge in [0.05, 0.1) is 5.41 Å². The van der Waals surface area contributed by atoms with Crippen molar-refractivity contribution in [1.29, 1.82) is 0 Å². The molecule has 1 fully saturated rings. The fourth-order valence-corrected chi connectivity index (χ4v) is 3.11. The third-order valence-corrected chi connectivity index (χ3v) is 4.65. The minimum absolute atomic E-state index is 0.00396. The van der Waals surface area contributed by atoms with E-state index in [1.165, 1.54) is 6.07 Å². The van der Waals surface area contributed by atoms with E-state index in [9.17, 15) is 9.18 Å². The topological polar surface area (TPSA) is 46.3 Å². The number of carbonyl (C=O) groups excluding carboxylic acids is 1. The molecule has 0 spiro atoms. The summed E-state index contributed by atoms with van der Waals surface area (Å²) < 4.78 is 14.0. The van der Waals surface area contributed by atoms with Gasteiger partial charge in [0, 0.05) is 24.7 Å². The van der Waals surface area contributed by atoms with E-state index in [0.717, 1.165) is 12.8 Å². The average molecular weight is 292 g/mol. The predicted octanol–water partition coefficient (Wildman–Crippen LogP) is 2.69. The van der Waals surface area contributed by atoms with Crippen LogP contribution in [0.3, 0.4) is 0 Å². The van der Waals surface area contributed by atoms with E-state index in [-0.39, 0.29) is 17.8 Å². The van der Waals surface area contributed by atoms with E-state index >= 15 is 0 Å². The van der Waals surface area contributed by atoms with Crippen molar-refractivity contribution >= 4 is 5.91 Å². The highest BCUT2D eigenvalue weighted by atomic mass is 19.1. The zero-order chi connectivity index (χ0) is 15.6. The summed E-state index contributed by atoms with van der Waals surface area (Å²) in [6.07, 6.45) is 1.85. The molecule has 21 heavy (non-hydrogen) atoms. The van der Waals surface area contributed by atoms with E-state index in [0.29, 0.717) is 24.6 Å². The maximum Gasteiger partial charge on any atom is 0.232 e. The number of nitrogens with two attached hydrogens (primary N) is 1. The number of rotatable bonds is 3. The third kappa shape index (κ3) is 3.26. The maximum absolute atomic E-state index is 14.0. The van der Waals surface area contributed by atoms with Crippen LogP contribution in [0.15, 0.2) is 24.3 Å². The Hall–Kier alpha value is -1.42. The molecule has 1 unspecified atom stereocenters. The highest BCUT2D eigenvalue weighted by molar-refractivity contribution is 5.87. The molecule has 1 saturated heterocycles. The molecule has 4 heteroatoms. The Kier molecular flexibility index (Phi) is 4.67. The Morgan fingerprint density at radius 3 is 2.43 bits per heavy atom. The first-order valence-electron chi connectivity index (χ1n) is 7.64. The molecule has 2 rings (SSSR count). The first kappa shape index (κ1) is 16.0. The van der Waals surface area contributed by atoms with Gasteiger partial charge in [0.25, 0.3) is 0 Å². The summed E-state index contributed by atoms with van der Waals surface area (Å²) in [6, 6.07) is 6.69. The Bertz CT molecular complexity index is 505. The Balaban J connectivity index is 2.11. The van der Waals surface area contributed by atoms with E-state index in [1.54, 1.807) is 32.0 Å². The lowest BCUT2D eigenvalue weighted by Crippen LogP contribution is -2.49. The van der Waals surface area contributed by atoms with Crippen molar-refractivity contribution in [3.05, 3.63) is 35.6 Å². The summed E-state index contributed by atoms with van der Waals surface area (Å²) in [6.45, 7) is 7.04. The summed E-state index contributed by atoms with van der Waals surface area (Å²) in [5, 5.41) is 0. The monoisotopic (exact) mass is 292 g/mol. The van der Waals surface area contributed by atoms with Crippen LogP contribution in [0.4, 0.5) is 4.39 Å². The van der Waals surface area contributed by atoms with Gasteiger partial charge in [0.15, 0.2) is 0 Å². The lowest BCUT2D eigenvalue weighted by atomic mass is 9.81. The minimum atomic E-state index is -0.841. The summed E-state index contributed by atoms with van der Waals surface area (Å²) in [4.78, 5) is 14.6. The van der Waals surface area contributed by atoms with Gasteiger partial charge in [-0.3, -0.25) is 4.79 Å². The zero-order valence-corrected chi connectivity index (χ0v) is 13.1. The smallest absolute Gasteiger partial charge is 0.232 e. The number of likely N-dealkylation sites (tertiary alicyclic amines) is 1. The number of halogens is 1. The largest absolute Gasteiger partial charge is 0.342 e. The van der Waals surface area contributed by atoms with Crippen molar-refractivity contribution in [2.75, 3.05) is 13.1 Å². The molecule has 1 aromatic carbocycles. The van der Waals surface area contributed by atoms with Crippen LogP contribution < -0.4 is 5.73 Å². The lowest BCUT2D eigenvalue weighted by Gasteiger charge is -2.38. The molecule has 116 valence electrons. The van der Waals surface area contributed by atoms with Gasteiger partial charge in [-0.15, -0.1) is 0 Å². The van der Waals surface area contributed by atoms with Crippen LogP contribution in [0.1, 0.15) is 39.2 Å². The van der Waals surface area contributed by atoms with Gasteiger partial charge < -0.3 is 10.6 Å². The maximum atomic E-state index is 14.0. The molecule has 0 aromatic heterocycles. The van der Waals surface area contributed by atoms with Gasteiger partial charge in [-0.05, 0) is 45.6 Å². The van der Waals surface area contributed by atoms with E-state index in [2.05, 4.69) is 0 Å². The molecule has 1 aliphatic rings. The fraction of sp³-hybridized carbons (Fsp3) is 0.588. The SMILES string of the molecule is CC(N)C1CCN(C(=O)C(C)(C)c2ccccc2F)CC1. The number of hydrogen-bond acceptors (Lipinski definition) is 2. The predicted molar refractivity (Wildman–Crippen MR) is 82.4 cm³/mol. The van der Waals surface area contributed by atoms with Gasteiger partial charge in [-0.2, -0.15) is 0 Å². The molecular formula is C17H25FN2O. The molecule has 1 amide bonds. The summed E-state index contributed by atoms with van der Waals surface area (Å²) >= 11 is 0. The standard InChI is InChI=1S/C17H25FN2O/c1-12(19)13-8-10-20(11-9-13)16(21)17(2,3)14-6-4-5-7-15(14)18/h4-7,12-13H,8-11,19H2,1-3H3. The number of hydrogen-bond donors (Lipinski definition) is 1. The summed E-state index contributed by atoms with van der Waals surface area (Å²) in [7, 11) is 0. The van der Waals surface area contributed by atoms with Crippen LogP contribution in [0.2, 0.25) is 0 Å². The number of benzene rings is 1. The van der Waals surface area contributed by atoms with Gasteiger partial charge in [-0.25, -0.2) is 4.39 Å².